The van der Waals surface area contributed by atoms with Gasteiger partial charge >= 0.3 is 0 Å². The van der Waals surface area contributed by atoms with Gasteiger partial charge in [0.25, 0.3) is 0 Å². The molecule has 0 saturated heterocycles. The number of thiophene rings is 1. The van der Waals surface area contributed by atoms with Gasteiger partial charge in [-0.05, 0) is 42.1 Å². The summed E-state index contributed by atoms with van der Waals surface area (Å²) in [6.45, 7) is 2.45. The Morgan fingerprint density at radius 3 is 2.44 bits per heavy atom. The van der Waals surface area contributed by atoms with Gasteiger partial charge in [0.2, 0.25) is 15.9 Å². The molecule has 25 heavy (non-hydrogen) atoms. The van der Waals surface area contributed by atoms with Crippen molar-refractivity contribution in [1.82, 2.24) is 9.21 Å². The standard InChI is InChI=1S/C17H21ClN2O3S2/c1-3-10-20(25(22,23)16-8-6-14(18)7-9-16)13-17(21)19(2)12-15-5-4-11-24-15/h4-9,11H,3,10,12-13H2,1-2H3. The summed E-state index contributed by atoms with van der Waals surface area (Å²) in [6.07, 6.45) is 0.620. The summed E-state index contributed by atoms with van der Waals surface area (Å²) in [7, 11) is -2.06. The van der Waals surface area contributed by atoms with Crippen molar-refractivity contribution in [2.24, 2.45) is 0 Å². The van der Waals surface area contributed by atoms with Crippen LogP contribution in [0.25, 0.3) is 0 Å². The molecule has 0 aliphatic carbocycles. The predicted molar refractivity (Wildman–Crippen MR) is 101 cm³/mol. The summed E-state index contributed by atoms with van der Waals surface area (Å²) in [5.74, 6) is -0.237. The lowest BCUT2D eigenvalue weighted by Gasteiger charge is -2.24. The van der Waals surface area contributed by atoms with Gasteiger partial charge in [0.05, 0.1) is 18.0 Å². The highest BCUT2D eigenvalue weighted by atomic mass is 35.5. The van der Waals surface area contributed by atoms with E-state index in [-0.39, 0.29) is 23.9 Å². The van der Waals surface area contributed by atoms with Crippen molar-refractivity contribution in [3.05, 3.63) is 51.7 Å². The van der Waals surface area contributed by atoms with E-state index in [1.807, 2.05) is 24.4 Å². The highest BCUT2D eigenvalue weighted by Crippen LogP contribution is 2.19. The van der Waals surface area contributed by atoms with Crippen molar-refractivity contribution in [3.63, 3.8) is 0 Å². The third kappa shape index (κ3) is 5.28. The predicted octanol–water partition coefficient (Wildman–Crippen LogP) is 3.46. The zero-order chi connectivity index (χ0) is 18.4. The Bertz CT molecular complexity index is 790. The smallest absolute Gasteiger partial charge is 0.243 e. The Labute approximate surface area is 157 Å². The number of carbonyl (C=O) groups excluding carboxylic acids is 1. The second-order valence-corrected chi connectivity index (χ2v) is 9.03. The molecule has 1 amide bonds. The highest BCUT2D eigenvalue weighted by Gasteiger charge is 2.27. The van der Waals surface area contributed by atoms with E-state index in [0.717, 1.165) is 4.88 Å². The molecule has 1 aromatic carbocycles. The fourth-order valence-electron chi connectivity index (χ4n) is 2.29. The van der Waals surface area contributed by atoms with E-state index < -0.39 is 10.0 Å². The van der Waals surface area contributed by atoms with Gasteiger partial charge in [-0.3, -0.25) is 4.79 Å². The van der Waals surface area contributed by atoms with Gasteiger partial charge in [-0.2, -0.15) is 4.31 Å². The Hall–Kier alpha value is -1.41. The largest absolute Gasteiger partial charge is 0.339 e. The molecular weight excluding hydrogens is 380 g/mol. The highest BCUT2D eigenvalue weighted by molar-refractivity contribution is 7.89. The van der Waals surface area contributed by atoms with Crippen molar-refractivity contribution in [2.45, 2.75) is 24.8 Å². The first-order chi connectivity index (χ1) is 11.8. The van der Waals surface area contributed by atoms with Gasteiger partial charge in [0.15, 0.2) is 0 Å². The number of hydrogen-bond acceptors (Lipinski definition) is 4. The third-order valence-corrected chi connectivity index (χ3v) is 6.61. The van der Waals surface area contributed by atoms with Crippen molar-refractivity contribution in [3.8, 4) is 0 Å². The SMILES string of the molecule is CCCN(CC(=O)N(C)Cc1cccs1)S(=O)(=O)c1ccc(Cl)cc1. The first-order valence-corrected chi connectivity index (χ1v) is 10.6. The summed E-state index contributed by atoms with van der Waals surface area (Å²) in [5, 5.41) is 2.41. The first kappa shape index (κ1) is 19.9. The van der Waals surface area contributed by atoms with E-state index in [0.29, 0.717) is 18.0 Å². The summed E-state index contributed by atoms with van der Waals surface area (Å²) in [5.41, 5.74) is 0. The molecule has 136 valence electrons. The monoisotopic (exact) mass is 400 g/mol. The number of nitrogens with zero attached hydrogens (tertiary/aromatic N) is 2. The average molecular weight is 401 g/mol. The van der Waals surface area contributed by atoms with E-state index in [1.54, 1.807) is 23.3 Å². The molecule has 0 spiro atoms. The fourth-order valence-corrected chi connectivity index (χ4v) is 4.65. The number of benzene rings is 1. The summed E-state index contributed by atoms with van der Waals surface area (Å²) >= 11 is 7.39. The minimum Gasteiger partial charge on any atom is -0.339 e. The van der Waals surface area contributed by atoms with Crippen LogP contribution in [0.2, 0.25) is 5.02 Å². The molecule has 5 nitrogen and oxygen atoms in total. The fraction of sp³-hybridized carbons (Fsp3) is 0.353. The van der Waals surface area contributed by atoms with Crippen LogP contribution < -0.4 is 0 Å². The topological polar surface area (TPSA) is 57.7 Å². The van der Waals surface area contributed by atoms with Crippen LogP contribution in [0.4, 0.5) is 0 Å². The lowest BCUT2D eigenvalue weighted by molar-refractivity contribution is -0.130. The number of amides is 1. The molecule has 0 saturated carbocycles. The maximum atomic E-state index is 12.8. The van der Waals surface area contributed by atoms with Crippen LogP contribution in [0.15, 0.2) is 46.7 Å². The molecule has 1 aromatic heterocycles. The number of hydrogen-bond donors (Lipinski definition) is 0. The molecule has 0 atom stereocenters. The van der Waals surface area contributed by atoms with Crippen molar-refractivity contribution in [1.29, 1.82) is 0 Å². The van der Waals surface area contributed by atoms with Gasteiger partial charge in [-0.1, -0.05) is 24.6 Å². The molecule has 1 heterocycles. The summed E-state index contributed by atoms with van der Waals surface area (Å²) in [4.78, 5) is 15.2. The lowest BCUT2D eigenvalue weighted by Crippen LogP contribution is -2.41. The molecule has 0 radical (unpaired) electrons. The van der Waals surface area contributed by atoms with Crippen LogP contribution in [-0.4, -0.2) is 43.7 Å². The zero-order valence-corrected chi connectivity index (χ0v) is 16.6. The van der Waals surface area contributed by atoms with E-state index >= 15 is 0 Å². The number of likely N-dealkylation sites (N-methyl/N-ethyl adjacent to an activating group) is 1. The molecule has 0 fully saturated rings. The molecule has 0 aliphatic rings. The van der Waals surface area contributed by atoms with Crippen LogP contribution in [0.1, 0.15) is 18.2 Å². The van der Waals surface area contributed by atoms with Gasteiger partial charge in [0.1, 0.15) is 0 Å². The zero-order valence-electron chi connectivity index (χ0n) is 14.2. The van der Waals surface area contributed by atoms with E-state index in [1.165, 1.54) is 28.6 Å². The quantitative estimate of drug-likeness (QED) is 0.681. The number of rotatable bonds is 8. The molecule has 0 bridgehead atoms. The molecule has 0 N–H and O–H groups in total. The maximum absolute atomic E-state index is 12.8. The van der Waals surface area contributed by atoms with Gasteiger partial charge in [-0.15, -0.1) is 11.3 Å². The Balaban J connectivity index is 2.13. The molecule has 8 heteroatoms. The van der Waals surface area contributed by atoms with E-state index in [9.17, 15) is 13.2 Å². The van der Waals surface area contributed by atoms with Crippen LogP contribution in [0.3, 0.4) is 0 Å². The molecule has 0 unspecified atom stereocenters. The molecule has 2 rings (SSSR count). The summed E-state index contributed by atoms with van der Waals surface area (Å²) < 4.78 is 26.9. The average Bonchev–Trinajstić information content (AvgIpc) is 3.07. The normalized spacial score (nSPS) is 11.7. The molecular formula is C17H21ClN2O3S2. The van der Waals surface area contributed by atoms with Crippen LogP contribution >= 0.6 is 22.9 Å². The van der Waals surface area contributed by atoms with Crippen molar-refractivity contribution >= 4 is 38.9 Å². The Morgan fingerprint density at radius 2 is 1.88 bits per heavy atom. The van der Waals surface area contributed by atoms with Gasteiger partial charge in [0, 0.05) is 23.5 Å². The van der Waals surface area contributed by atoms with Gasteiger partial charge in [-0.25, -0.2) is 8.42 Å². The van der Waals surface area contributed by atoms with Crippen LogP contribution in [0, 0.1) is 0 Å². The van der Waals surface area contributed by atoms with E-state index in [2.05, 4.69) is 0 Å². The van der Waals surface area contributed by atoms with Crippen LogP contribution in [0.5, 0.6) is 0 Å². The van der Waals surface area contributed by atoms with Crippen molar-refractivity contribution in [2.75, 3.05) is 20.1 Å². The van der Waals surface area contributed by atoms with E-state index in [4.69, 9.17) is 11.6 Å². The Kier molecular flexibility index (Phi) is 7.01. The number of sulfonamides is 1. The minimum absolute atomic E-state index is 0.138. The third-order valence-electron chi connectivity index (χ3n) is 3.63. The Morgan fingerprint density at radius 1 is 1.20 bits per heavy atom. The van der Waals surface area contributed by atoms with Crippen molar-refractivity contribution < 1.29 is 13.2 Å². The maximum Gasteiger partial charge on any atom is 0.243 e. The first-order valence-electron chi connectivity index (χ1n) is 7.86. The van der Waals surface area contributed by atoms with Crippen LogP contribution in [-0.2, 0) is 21.4 Å². The summed E-state index contributed by atoms with van der Waals surface area (Å²) in [6, 6.07) is 9.85. The second kappa shape index (κ2) is 8.80. The molecule has 2 aromatic rings. The number of carbonyl (C=O) groups is 1. The number of halogens is 1. The minimum atomic E-state index is -3.74. The molecule has 0 aliphatic heterocycles. The second-order valence-electron chi connectivity index (χ2n) is 5.62. The van der Waals surface area contributed by atoms with Gasteiger partial charge < -0.3 is 4.90 Å². The lowest BCUT2D eigenvalue weighted by atomic mass is 10.4.